The smallest absolute Gasteiger partial charge is 0.257 e. The zero-order chi connectivity index (χ0) is 14.6. The number of hydroxylamine groups is 1. The molecule has 0 heterocycles. The van der Waals surface area contributed by atoms with Crippen molar-refractivity contribution in [1.29, 1.82) is 5.26 Å². The van der Waals surface area contributed by atoms with Gasteiger partial charge in [0.1, 0.15) is 6.07 Å². The minimum Gasteiger partial charge on any atom is -0.623 e. The molecule has 0 bridgehead atoms. The standard InChI is InChI=1S/C16H21N3O/c1-18(2)15-8-6-14(7-9-15)12-19(20)16(13-17)10-4-3-5-11-16/h6-9,12H,3-5,10-11H2,1-2H3/b19-12-. The predicted molar refractivity (Wildman–Crippen MR) is 81.0 cm³/mol. The lowest BCUT2D eigenvalue weighted by Crippen LogP contribution is -2.40. The number of benzene rings is 1. The van der Waals surface area contributed by atoms with E-state index >= 15 is 0 Å². The highest BCUT2D eigenvalue weighted by molar-refractivity contribution is 5.76. The van der Waals surface area contributed by atoms with Crippen LogP contribution in [0.4, 0.5) is 5.69 Å². The van der Waals surface area contributed by atoms with Gasteiger partial charge in [0, 0.05) is 38.2 Å². The summed E-state index contributed by atoms with van der Waals surface area (Å²) in [6.45, 7) is 0. The third kappa shape index (κ3) is 2.93. The fraction of sp³-hybridized carbons (Fsp3) is 0.500. The van der Waals surface area contributed by atoms with Crippen LogP contribution < -0.4 is 4.90 Å². The van der Waals surface area contributed by atoms with Crippen LogP contribution in [0.1, 0.15) is 37.7 Å². The van der Waals surface area contributed by atoms with Crippen LogP contribution in [0.5, 0.6) is 0 Å². The van der Waals surface area contributed by atoms with Crippen LogP contribution in [-0.4, -0.2) is 30.6 Å². The zero-order valence-electron chi connectivity index (χ0n) is 12.2. The molecule has 0 N–H and O–H groups in total. The molecule has 0 atom stereocenters. The fourth-order valence-electron chi connectivity index (χ4n) is 2.64. The van der Waals surface area contributed by atoms with Crippen molar-refractivity contribution in [3.8, 4) is 6.07 Å². The summed E-state index contributed by atoms with van der Waals surface area (Å²) in [5.41, 5.74) is 1.07. The predicted octanol–water partition coefficient (Wildman–Crippen LogP) is 2.91. The number of hydrogen-bond acceptors (Lipinski definition) is 3. The van der Waals surface area contributed by atoms with Crippen molar-refractivity contribution in [2.24, 2.45) is 0 Å². The van der Waals surface area contributed by atoms with Crippen molar-refractivity contribution >= 4 is 11.9 Å². The van der Waals surface area contributed by atoms with E-state index in [1.807, 2.05) is 43.3 Å². The molecular formula is C16H21N3O. The Hall–Kier alpha value is -2.02. The summed E-state index contributed by atoms with van der Waals surface area (Å²) in [6.07, 6.45) is 5.92. The topological polar surface area (TPSA) is 53.1 Å². The molecule has 1 aromatic rings. The number of nitriles is 1. The van der Waals surface area contributed by atoms with Crippen LogP contribution in [0.2, 0.25) is 0 Å². The maximum atomic E-state index is 12.4. The van der Waals surface area contributed by atoms with Crippen molar-refractivity contribution in [1.82, 2.24) is 0 Å². The summed E-state index contributed by atoms with van der Waals surface area (Å²) in [4.78, 5) is 2.01. The van der Waals surface area contributed by atoms with Gasteiger partial charge in [-0.25, -0.2) is 0 Å². The highest BCUT2D eigenvalue weighted by Gasteiger charge is 2.40. The summed E-state index contributed by atoms with van der Waals surface area (Å²) < 4.78 is 0.872. The molecule has 1 aliphatic rings. The highest BCUT2D eigenvalue weighted by Crippen LogP contribution is 2.30. The third-order valence-corrected chi connectivity index (χ3v) is 3.99. The van der Waals surface area contributed by atoms with Gasteiger partial charge in [-0.2, -0.15) is 10.0 Å². The van der Waals surface area contributed by atoms with E-state index in [4.69, 9.17) is 0 Å². The lowest BCUT2D eigenvalue weighted by Gasteiger charge is -2.28. The van der Waals surface area contributed by atoms with Gasteiger partial charge in [0.2, 0.25) is 0 Å². The maximum Gasteiger partial charge on any atom is 0.257 e. The van der Waals surface area contributed by atoms with Crippen LogP contribution in [0.15, 0.2) is 24.3 Å². The van der Waals surface area contributed by atoms with Gasteiger partial charge in [0.05, 0.1) is 0 Å². The SMILES string of the molecule is CN(C)c1ccc(/C=[N+](\[O-])C2(C#N)CCCCC2)cc1. The largest absolute Gasteiger partial charge is 0.623 e. The molecule has 2 rings (SSSR count). The van der Waals surface area contributed by atoms with Gasteiger partial charge in [-0.1, -0.05) is 6.42 Å². The number of rotatable bonds is 3. The molecule has 0 aliphatic heterocycles. The molecule has 4 heteroatoms. The molecule has 20 heavy (non-hydrogen) atoms. The molecule has 1 aromatic carbocycles. The molecule has 0 saturated heterocycles. The van der Waals surface area contributed by atoms with Gasteiger partial charge in [0.15, 0.2) is 6.21 Å². The highest BCUT2D eigenvalue weighted by atomic mass is 16.5. The quantitative estimate of drug-likeness (QED) is 0.367. The number of nitrogens with zero attached hydrogens (tertiary/aromatic N) is 3. The van der Waals surface area contributed by atoms with E-state index in [9.17, 15) is 10.5 Å². The average molecular weight is 271 g/mol. The van der Waals surface area contributed by atoms with Crippen LogP contribution >= 0.6 is 0 Å². The Bertz CT molecular complexity index is 520. The molecule has 4 nitrogen and oxygen atoms in total. The van der Waals surface area contributed by atoms with E-state index in [1.165, 1.54) is 0 Å². The van der Waals surface area contributed by atoms with Gasteiger partial charge < -0.3 is 10.1 Å². The Morgan fingerprint density at radius 1 is 1.20 bits per heavy atom. The van der Waals surface area contributed by atoms with Crippen molar-refractivity contribution in [2.45, 2.75) is 37.6 Å². The molecule has 1 aliphatic carbocycles. The van der Waals surface area contributed by atoms with Gasteiger partial charge >= 0.3 is 0 Å². The maximum absolute atomic E-state index is 12.4. The Balaban J connectivity index is 2.22. The Labute approximate surface area is 120 Å². The van der Waals surface area contributed by atoms with E-state index in [-0.39, 0.29) is 0 Å². The zero-order valence-corrected chi connectivity index (χ0v) is 12.2. The summed E-state index contributed by atoms with van der Waals surface area (Å²) in [6, 6.07) is 10.0. The average Bonchev–Trinajstić information content (AvgIpc) is 2.48. The summed E-state index contributed by atoms with van der Waals surface area (Å²) >= 11 is 0. The van der Waals surface area contributed by atoms with Gasteiger partial charge in [0.25, 0.3) is 5.54 Å². The summed E-state index contributed by atoms with van der Waals surface area (Å²) in [5.74, 6) is 0. The molecule has 0 amide bonds. The first kappa shape index (κ1) is 14.4. The van der Waals surface area contributed by atoms with E-state index in [1.54, 1.807) is 6.21 Å². The molecule has 0 aromatic heterocycles. The minimum atomic E-state index is -0.863. The molecule has 0 unspecified atom stereocenters. The second kappa shape index (κ2) is 5.96. The molecular weight excluding hydrogens is 250 g/mol. The van der Waals surface area contributed by atoms with Crippen molar-refractivity contribution in [2.75, 3.05) is 19.0 Å². The first-order chi connectivity index (χ1) is 9.57. The third-order valence-electron chi connectivity index (χ3n) is 3.99. The number of hydrogen-bond donors (Lipinski definition) is 0. The van der Waals surface area contributed by atoms with E-state index in [2.05, 4.69) is 6.07 Å². The van der Waals surface area contributed by atoms with Crippen molar-refractivity contribution in [3.63, 3.8) is 0 Å². The fourth-order valence-corrected chi connectivity index (χ4v) is 2.64. The summed E-state index contributed by atoms with van der Waals surface area (Å²) in [7, 11) is 3.96. The first-order valence-electron chi connectivity index (χ1n) is 7.07. The van der Waals surface area contributed by atoms with E-state index < -0.39 is 5.54 Å². The normalized spacial score (nSPS) is 18.4. The first-order valence-corrected chi connectivity index (χ1v) is 7.07. The lowest BCUT2D eigenvalue weighted by molar-refractivity contribution is -0.532. The second-order valence-electron chi connectivity index (χ2n) is 5.64. The lowest BCUT2D eigenvalue weighted by atomic mass is 9.83. The van der Waals surface area contributed by atoms with Crippen LogP contribution in [-0.2, 0) is 0 Å². The molecule has 1 fully saturated rings. The molecule has 0 spiro atoms. The Morgan fingerprint density at radius 2 is 1.80 bits per heavy atom. The van der Waals surface area contributed by atoms with Crippen LogP contribution in [0, 0.1) is 16.5 Å². The van der Waals surface area contributed by atoms with Crippen molar-refractivity contribution < 1.29 is 4.74 Å². The Kier molecular flexibility index (Phi) is 4.29. The second-order valence-corrected chi connectivity index (χ2v) is 5.64. The Morgan fingerprint density at radius 3 is 2.30 bits per heavy atom. The van der Waals surface area contributed by atoms with Gasteiger partial charge in [-0.15, -0.1) is 0 Å². The van der Waals surface area contributed by atoms with E-state index in [0.717, 1.165) is 35.3 Å². The van der Waals surface area contributed by atoms with Crippen LogP contribution in [0.25, 0.3) is 0 Å². The molecule has 106 valence electrons. The van der Waals surface area contributed by atoms with Gasteiger partial charge in [-0.3, -0.25) is 0 Å². The monoisotopic (exact) mass is 271 g/mol. The number of anilines is 1. The summed E-state index contributed by atoms with van der Waals surface area (Å²) in [5, 5.41) is 21.8. The van der Waals surface area contributed by atoms with Gasteiger partial charge in [-0.05, 0) is 37.1 Å². The van der Waals surface area contributed by atoms with E-state index in [0.29, 0.717) is 12.8 Å². The van der Waals surface area contributed by atoms with Crippen LogP contribution in [0.3, 0.4) is 0 Å². The molecule has 0 radical (unpaired) electrons. The van der Waals surface area contributed by atoms with Crippen molar-refractivity contribution in [3.05, 3.63) is 35.0 Å². The molecule has 1 saturated carbocycles. The minimum absolute atomic E-state index is 0.666.